The molecule has 0 heterocycles. The van der Waals surface area contributed by atoms with E-state index in [-0.39, 0.29) is 10.8 Å². The molecule has 0 N–H and O–H groups in total. The number of unbranched alkanes of at least 4 members (excludes halogenated alkanes) is 2. The fourth-order valence-corrected chi connectivity index (χ4v) is 2.36. The SMILES string of the molecule is COC(=O)C(Br)CCCCCc1ccc(Cl)cc1. The van der Waals surface area contributed by atoms with E-state index in [1.807, 2.05) is 12.1 Å². The summed E-state index contributed by atoms with van der Waals surface area (Å²) < 4.78 is 4.65. The zero-order valence-electron chi connectivity index (χ0n) is 10.5. The summed E-state index contributed by atoms with van der Waals surface area (Å²) >= 11 is 9.14. The first-order valence-electron chi connectivity index (χ1n) is 6.10. The molecule has 0 bridgehead atoms. The number of carbonyl (C=O) groups is 1. The first-order valence-corrected chi connectivity index (χ1v) is 7.39. The highest BCUT2D eigenvalue weighted by Crippen LogP contribution is 2.15. The first kappa shape index (κ1) is 15.5. The van der Waals surface area contributed by atoms with Gasteiger partial charge in [0.2, 0.25) is 0 Å². The lowest BCUT2D eigenvalue weighted by Crippen LogP contribution is -2.15. The molecule has 1 rings (SSSR count). The van der Waals surface area contributed by atoms with E-state index >= 15 is 0 Å². The molecule has 4 heteroatoms. The summed E-state index contributed by atoms with van der Waals surface area (Å²) in [4.78, 5) is 11.0. The number of hydrogen-bond donors (Lipinski definition) is 0. The maximum atomic E-state index is 11.1. The molecule has 0 aliphatic rings. The lowest BCUT2D eigenvalue weighted by Gasteiger charge is -2.07. The molecule has 0 spiro atoms. The van der Waals surface area contributed by atoms with Crippen LogP contribution in [0, 0.1) is 0 Å². The van der Waals surface area contributed by atoms with E-state index in [9.17, 15) is 4.79 Å². The average molecular weight is 334 g/mol. The molecule has 0 aliphatic carbocycles. The number of halogens is 2. The molecule has 1 aromatic carbocycles. The summed E-state index contributed by atoms with van der Waals surface area (Å²) in [6, 6.07) is 7.96. The molecule has 0 saturated heterocycles. The van der Waals surface area contributed by atoms with Crippen LogP contribution in [-0.4, -0.2) is 17.9 Å². The van der Waals surface area contributed by atoms with Crippen molar-refractivity contribution in [1.82, 2.24) is 0 Å². The zero-order chi connectivity index (χ0) is 13.4. The minimum Gasteiger partial charge on any atom is -0.468 e. The van der Waals surface area contributed by atoms with Crippen molar-refractivity contribution in [2.24, 2.45) is 0 Å². The minimum atomic E-state index is -0.187. The van der Waals surface area contributed by atoms with E-state index in [1.54, 1.807) is 0 Å². The predicted octanol–water partition coefficient (Wildman–Crippen LogP) is 4.38. The number of carbonyl (C=O) groups excluding carboxylic acids is 1. The number of ether oxygens (including phenoxy) is 1. The molecule has 0 amide bonds. The van der Waals surface area contributed by atoms with Gasteiger partial charge < -0.3 is 4.74 Å². The van der Waals surface area contributed by atoms with Crippen molar-refractivity contribution in [3.8, 4) is 0 Å². The van der Waals surface area contributed by atoms with Gasteiger partial charge in [0, 0.05) is 5.02 Å². The van der Waals surface area contributed by atoms with Crippen LogP contribution in [0.15, 0.2) is 24.3 Å². The van der Waals surface area contributed by atoms with Crippen LogP contribution in [0.2, 0.25) is 5.02 Å². The molecule has 2 nitrogen and oxygen atoms in total. The number of methoxy groups -OCH3 is 1. The van der Waals surface area contributed by atoms with Gasteiger partial charge in [0.1, 0.15) is 4.83 Å². The van der Waals surface area contributed by atoms with Crippen LogP contribution >= 0.6 is 27.5 Å². The van der Waals surface area contributed by atoms with Crippen LogP contribution in [0.3, 0.4) is 0 Å². The lowest BCUT2D eigenvalue weighted by atomic mass is 10.1. The van der Waals surface area contributed by atoms with E-state index in [0.717, 1.165) is 37.1 Å². The van der Waals surface area contributed by atoms with Gasteiger partial charge in [0.05, 0.1) is 7.11 Å². The molecule has 1 aromatic rings. The lowest BCUT2D eigenvalue weighted by molar-refractivity contribution is -0.139. The summed E-state index contributed by atoms with van der Waals surface area (Å²) in [6.07, 6.45) is 5.15. The minimum absolute atomic E-state index is 0.168. The Hall–Kier alpha value is -0.540. The quantitative estimate of drug-likeness (QED) is 0.420. The highest BCUT2D eigenvalue weighted by atomic mass is 79.9. The number of alkyl halides is 1. The Bertz CT molecular complexity index is 365. The van der Waals surface area contributed by atoms with Crippen LogP contribution in [-0.2, 0) is 16.0 Å². The molecule has 1 atom stereocenters. The van der Waals surface area contributed by atoms with Gasteiger partial charge in [-0.3, -0.25) is 4.79 Å². The van der Waals surface area contributed by atoms with E-state index in [4.69, 9.17) is 11.6 Å². The Balaban J connectivity index is 2.12. The number of rotatable bonds is 7. The van der Waals surface area contributed by atoms with Gasteiger partial charge in [-0.25, -0.2) is 0 Å². The molecule has 100 valence electrons. The van der Waals surface area contributed by atoms with Gasteiger partial charge in [0.15, 0.2) is 0 Å². The molecule has 0 aromatic heterocycles. The largest absolute Gasteiger partial charge is 0.468 e. The molecular formula is C14H18BrClO2. The average Bonchev–Trinajstić information content (AvgIpc) is 2.39. The van der Waals surface area contributed by atoms with Crippen LogP contribution < -0.4 is 0 Å². The Morgan fingerprint density at radius 1 is 1.28 bits per heavy atom. The molecule has 0 aliphatic heterocycles. The summed E-state index contributed by atoms with van der Waals surface area (Å²) in [5.41, 5.74) is 1.31. The number of aryl methyl sites for hydroxylation is 1. The fraction of sp³-hybridized carbons (Fsp3) is 0.500. The fourth-order valence-electron chi connectivity index (χ4n) is 1.73. The third kappa shape index (κ3) is 5.87. The Labute approximate surface area is 122 Å². The molecule has 18 heavy (non-hydrogen) atoms. The van der Waals surface area contributed by atoms with Crippen molar-refractivity contribution in [1.29, 1.82) is 0 Å². The Kier molecular flexibility index (Phi) is 7.36. The normalized spacial score (nSPS) is 12.2. The monoisotopic (exact) mass is 332 g/mol. The standard InChI is InChI=1S/C14H18BrClO2/c1-18-14(17)13(15)6-4-2-3-5-11-7-9-12(16)10-8-11/h7-10,13H,2-6H2,1H3. The second-order valence-corrected chi connectivity index (χ2v) is 5.76. The van der Waals surface area contributed by atoms with Crippen LogP contribution in [0.25, 0.3) is 0 Å². The Morgan fingerprint density at radius 2 is 1.94 bits per heavy atom. The molecule has 0 radical (unpaired) electrons. The van der Waals surface area contributed by atoms with Gasteiger partial charge in [0.25, 0.3) is 0 Å². The van der Waals surface area contributed by atoms with E-state index in [1.165, 1.54) is 12.7 Å². The van der Waals surface area contributed by atoms with E-state index < -0.39 is 0 Å². The number of hydrogen-bond acceptors (Lipinski definition) is 2. The van der Waals surface area contributed by atoms with Gasteiger partial charge >= 0.3 is 5.97 Å². The summed E-state index contributed by atoms with van der Waals surface area (Å²) in [7, 11) is 1.41. The molecule has 0 fully saturated rings. The van der Waals surface area contributed by atoms with Gasteiger partial charge in [-0.1, -0.05) is 52.5 Å². The van der Waals surface area contributed by atoms with E-state index in [0.29, 0.717) is 0 Å². The van der Waals surface area contributed by atoms with Crippen LogP contribution in [0.4, 0.5) is 0 Å². The van der Waals surface area contributed by atoms with Gasteiger partial charge in [-0.15, -0.1) is 0 Å². The number of benzene rings is 1. The third-order valence-corrected chi connectivity index (χ3v) is 3.88. The zero-order valence-corrected chi connectivity index (χ0v) is 12.8. The van der Waals surface area contributed by atoms with Crippen LogP contribution in [0.1, 0.15) is 31.2 Å². The van der Waals surface area contributed by atoms with Crippen LogP contribution in [0.5, 0.6) is 0 Å². The maximum absolute atomic E-state index is 11.1. The van der Waals surface area contributed by atoms with Crippen molar-refractivity contribution in [3.05, 3.63) is 34.9 Å². The van der Waals surface area contributed by atoms with Crippen molar-refractivity contribution in [2.45, 2.75) is 36.9 Å². The van der Waals surface area contributed by atoms with Crippen molar-refractivity contribution in [3.63, 3.8) is 0 Å². The Morgan fingerprint density at radius 3 is 2.56 bits per heavy atom. The van der Waals surface area contributed by atoms with Crippen molar-refractivity contribution >= 4 is 33.5 Å². The summed E-state index contributed by atoms with van der Waals surface area (Å²) in [6.45, 7) is 0. The second-order valence-electron chi connectivity index (χ2n) is 4.22. The van der Waals surface area contributed by atoms with Crippen molar-refractivity contribution in [2.75, 3.05) is 7.11 Å². The van der Waals surface area contributed by atoms with Crippen molar-refractivity contribution < 1.29 is 9.53 Å². The maximum Gasteiger partial charge on any atom is 0.319 e. The second kappa shape index (κ2) is 8.54. The third-order valence-electron chi connectivity index (χ3n) is 2.79. The van der Waals surface area contributed by atoms with Gasteiger partial charge in [-0.2, -0.15) is 0 Å². The molecule has 0 saturated carbocycles. The van der Waals surface area contributed by atoms with Gasteiger partial charge in [-0.05, 0) is 37.0 Å². The highest BCUT2D eigenvalue weighted by molar-refractivity contribution is 9.10. The summed E-state index contributed by atoms with van der Waals surface area (Å²) in [5, 5.41) is 0.777. The summed E-state index contributed by atoms with van der Waals surface area (Å²) in [5.74, 6) is -0.187. The first-order chi connectivity index (χ1) is 8.63. The predicted molar refractivity (Wildman–Crippen MR) is 78.4 cm³/mol. The van der Waals surface area contributed by atoms with E-state index in [2.05, 4.69) is 32.8 Å². The topological polar surface area (TPSA) is 26.3 Å². The highest BCUT2D eigenvalue weighted by Gasteiger charge is 2.13. The number of esters is 1. The molecule has 1 unspecified atom stereocenters. The molecular weight excluding hydrogens is 316 g/mol. The smallest absolute Gasteiger partial charge is 0.319 e.